The van der Waals surface area contributed by atoms with E-state index in [-0.39, 0.29) is 5.91 Å². The molecule has 0 atom stereocenters. The highest BCUT2D eigenvalue weighted by atomic mass is 16.5. The van der Waals surface area contributed by atoms with Crippen LogP contribution in [0, 0.1) is 0 Å². The second-order valence-electron chi connectivity index (χ2n) is 5.77. The largest absolute Gasteiger partial charge is 0.493 e. The van der Waals surface area contributed by atoms with Crippen LogP contribution in [0.2, 0.25) is 0 Å². The van der Waals surface area contributed by atoms with Gasteiger partial charge in [0.25, 0.3) is 5.91 Å². The normalized spacial score (nSPS) is 13.9. The van der Waals surface area contributed by atoms with Crippen LogP contribution >= 0.6 is 0 Å². The lowest BCUT2D eigenvalue weighted by Gasteiger charge is -2.29. The Kier molecular flexibility index (Phi) is 5.18. The molecule has 1 aliphatic heterocycles. The molecule has 0 aliphatic carbocycles. The predicted octanol–water partition coefficient (Wildman–Crippen LogP) is 2.19. The molecule has 0 saturated heterocycles. The number of carbonyl (C=O) groups excluding carboxylic acids is 1. The molecule has 1 aliphatic rings. The van der Waals surface area contributed by atoms with Gasteiger partial charge in [-0.3, -0.25) is 4.79 Å². The average molecular weight is 339 g/mol. The molecule has 6 nitrogen and oxygen atoms in total. The highest BCUT2D eigenvalue weighted by Gasteiger charge is 2.21. The van der Waals surface area contributed by atoms with Gasteiger partial charge in [0.1, 0.15) is 12.4 Å². The molecule has 130 valence electrons. The zero-order valence-electron chi connectivity index (χ0n) is 14.4. The molecule has 2 aromatic carbocycles. The Labute approximate surface area is 147 Å². The Balaban J connectivity index is 1.80. The Morgan fingerprint density at radius 2 is 1.80 bits per heavy atom. The van der Waals surface area contributed by atoms with E-state index in [0.717, 1.165) is 17.0 Å². The van der Waals surface area contributed by atoms with Gasteiger partial charge in [0, 0.05) is 13.0 Å². The summed E-state index contributed by atoms with van der Waals surface area (Å²) in [7, 11) is 3.22. The van der Waals surface area contributed by atoms with E-state index in [1.807, 2.05) is 53.4 Å². The van der Waals surface area contributed by atoms with Gasteiger partial charge >= 0.3 is 0 Å². The third-order valence-corrected chi connectivity index (χ3v) is 4.04. The number of rotatable bonds is 6. The van der Waals surface area contributed by atoms with Gasteiger partial charge in [0.2, 0.25) is 0 Å². The molecule has 1 heterocycles. The molecule has 0 unspecified atom stereocenters. The summed E-state index contributed by atoms with van der Waals surface area (Å²) in [6.45, 7) is 0.932. The summed E-state index contributed by atoms with van der Waals surface area (Å²) in [6.07, 6.45) is 0.591. The third kappa shape index (κ3) is 4.09. The van der Waals surface area contributed by atoms with Crippen molar-refractivity contribution in [2.75, 3.05) is 20.8 Å². The SMILES string of the molecule is COc1ccc(CC2=NNC(=O)CN2Cc2ccccc2)cc1OC. The number of nitrogens with one attached hydrogen (secondary N) is 1. The summed E-state index contributed by atoms with van der Waals surface area (Å²) < 4.78 is 10.6. The predicted molar refractivity (Wildman–Crippen MR) is 95.7 cm³/mol. The van der Waals surface area contributed by atoms with Crippen LogP contribution in [0.4, 0.5) is 0 Å². The maximum absolute atomic E-state index is 11.7. The van der Waals surface area contributed by atoms with E-state index in [9.17, 15) is 4.79 Å². The van der Waals surface area contributed by atoms with E-state index < -0.39 is 0 Å². The summed E-state index contributed by atoms with van der Waals surface area (Å²) in [5.74, 6) is 2.07. The number of hydrogen-bond acceptors (Lipinski definition) is 5. The maximum atomic E-state index is 11.7. The van der Waals surface area contributed by atoms with E-state index in [2.05, 4.69) is 10.5 Å². The van der Waals surface area contributed by atoms with Crippen LogP contribution in [0.15, 0.2) is 53.6 Å². The van der Waals surface area contributed by atoms with Crippen molar-refractivity contribution in [3.8, 4) is 11.5 Å². The van der Waals surface area contributed by atoms with E-state index in [1.54, 1.807) is 14.2 Å². The van der Waals surface area contributed by atoms with Crippen molar-refractivity contribution < 1.29 is 14.3 Å². The fourth-order valence-electron chi connectivity index (χ4n) is 2.77. The standard InChI is InChI=1S/C19H21N3O3/c1-24-16-9-8-15(10-17(16)25-2)11-18-20-21-19(23)13-22(18)12-14-6-4-3-5-7-14/h3-10H,11-13H2,1-2H3,(H,21,23). The van der Waals surface area contributed by atoms with Crippen molar-refractivity contribution in [2.24, 2.45) is 5.10 Å². The molecule has 0 aromatic heterocycles. The van der Waals surface area contributed by atoms with Crippen molar-refractivity contribution in [3.63, 3.8) is 0 Å². The van der Waals surface area contributed by atoms with Gasteiger partial charge in [-0.2, -0.15) is 5.10 Å². The first-order valence-corrected chi connectivity index (χ1v) is 8.05. The number of nitrogens with zero attached hydrogens (tertiary/aromatic N) is 2. The zero-order chi connectivity index (χ0) is 17.6. The lowest BCUT2D eigenvalue weighted by atomic mass is 10.1. The van der Waals surface area contributed by atoms with Gasteiger partial charge < -0.3 is 14.4 Å². The Hall–Kier alpha value is -3.02. The number of carbonyl (C=O) groups is 1. The maximum Gasteiger partial charge on any atom is 0.259 e. The minimum Gasteiger partial charge on any atom is -0.493 e. The first kappa shape index (κ1) is 16.8. The van der Waals surface area contributed by atoms with Crippen LogP contribution in [0.25, 0.3) is 0 Å². The highest BCUT2D eigenvalue weighted by Crippen LogP contribution is 2.28. The lowest BCUT2D eigenvalue weighted by molar-refractivity contribution is -0.122. The minimum absolute atomic E-state index is 0.105. The second-order valence-corrected chi connectivity index (χ2v) is 5.77. The summed E-state index contributed by atoms with van der Waals surface area (Å²) >= 11 is 0. The second kappa shape index (κ2) is 7.70. The van der Waals surface area contributed by atoms with Crippen LogP contribution in [0.3, 0.4) is 0 Å². The van der Waals surface area contributed by atoms with Gasteiger partial charge in [-0.25, -0.2) is 5.43 Å². The fraction of sp³-hybridized carbons (Fsp3) is 0.263. The van der Waals surface area contributed by atoms with E-state index in [4.69, 9.17) is 9.47 Å². The number of hydrogen-bond donors (Lipinski definition) is 1. The Morgan fingerprint density at radius 1 is 1.04 bits per heavy atom. The van der Waals surface area contributed by atoms with Crippen molar-refractivity contribution in [2.45, 2.75) is 13.0 Å². The van der Waals surface area contributed by atoms with Crippen molar-refractivity contribution in [3.05, 3.63) is 59.7 Å². The zero-order valence-corrected chi connectivity index (χ0v) is 14.4. The summed E-state index contributed by atoms with van der Waals surface area (Å²) in [4.78, 5) is 13.7. The monoisotopic (exact) mass is 339 g/mol. The molecule has 25 heavy (non-hydrogen) atoms. The van der Waals surface area contributed by atoms with E-state index >= 15 is 0 Å². The molecule has 0 radical (unpaired) electrons. The van der Waals surface area contributed by atoms with Gasteiger partial charge in [0.05, 0.1) is 14.2 Å². The molecular formula is C19H21N3O3. The van der Waals surface area contributed by atoms with Crippen molar-refractivity contribution >= 4 is 11.7 Å². The molecule has 0 bridgehead atoms. The van der Waals surface area contributed by atoms with E-state index in [0.29, 0.717) is 31.0 Å². The Morgan fingerprint density at radius 3 is 2.52 bits per heavy atom. The van der Waals surface area contributed by atoms with Crippen LogP contribution in [0.1, 0.15) is 11.1 Å². The van der Waals surface area contributed by atoms with Crippen LogP contribution in [-0.4, -0.2) is 37.4 Å². The molecule has 0 saturated carbocycles. The van der Waals surface area contributed by atoms with Gasteiger partial charge in [-0.15, -0.1) is 0 Å². The molecule has 1 amide bonds. The number of benzene rings is 2. The molecule has 0 spiro atoms. The number of amides is 1. The van der Waals surface area contributed by atoms with Crippen molar-refractivity contribution in [1.82, 2.24) is 10.3 Å². The first-order chi connectivity index (χ1) is 12.2. The first-order valence-electron chi connectivity index (χ1n) is 8.05. The van der Waals surface area contributed by atoms with Crippen LogP contribution in [-0.2, 0) is 17.8 Å². The molecule has 1 N–H and O–H groups in total. The summed E-state index contributed by atoms with van der Waals surface area (Å²) in [5.41, 5.74) is 4.74. The number of hydrazone groups is 1. The molecule has 0 fully saturated rings. The average Bonchev–Trinajstić information content (AvgIpc) is 2.64. The van der Waals surface area contributed by atoms with Crippen LogP contribution in [0.5, 0.6) is 11.5 Å². The van der Waals surface area contributed by atoms with Crippen LogP contribution < -0.4 is 14.9 Å². The smallest absolute Gasteiger partial charge is 0.259 e. The minimum atomic E-state index is -0.105. The quantitative estimate of drug-likeness (QED) is 0.876. The Bertz CT molecular complexity index is 775. The lowest BCUT2D eigenvalue weighted by Crippen LogP contribution is -2.45. The van der Waals surface area contributed by atoms with Gasteiger partial charge in [-0.1, -0.05) is 36.4 Å². The molecule has 6 heteroatoms. The molecule has 2 aromatic rings. The van der Waals surface area contributed by atoms with E-state index in [1.165, 1.54) is 0 Å². The fourth-order valence-corrected chi connectivity index (χ4v) is 2.77. The molecule has 3 rings (SSSR count). The summed E-state index contributed by atoms with van der Waals surface area (Å²) in [6, 6.07) is 15.8. The highest BCUT2D eigenvalue weighted by molar-refractivity contribution is 5.93. The summed E-state index contributed by atoms with van der Waals surface area (Å²) in [5, 5.41) is 4.25. The van der Waals surface area contributed by atoms with Gasteiger partial charge in [-0.05, 0) is 23.3 Å². The van der Waals surface area contributed by atoms with Gasteiger partial charge in [0.15, 0.2) is 11.5 Å². The topological polar surface area (TPSA) is 63.2 Å². The third-order valence-electron chi connectivity index (χ3n) is 4.04. The van der Waals surface area contributed by atoms with Crippen molar-refractivity contribution in [1.29, 1.82) is 0 Å². The number of ether oxygens (including phenoxy) is 2. The molecular weight excluding hydrogens is 318 g/mol. The number of amidine groups is 1. The number of methoxy groups -OCH3 is 2.